The molecule has 1 aliphatic carbocycles. The lowest BCUT2D eigenvalue weighted by molar-refractivity contribution is -0.113. The molecule has 0 radical (unpaired) electrons. The van der Waals surface area contributed by atoms with Crippen LogP contribution in [0.4, 0.5) is 0 Å². The van der Waals surface area contributed by atoms with Gasteiger partial charge in [-0.2, -0.15) is 0 Å². The highest BCUT2D eigenvalue weighted by Gasteiger charge is 2.11. The number of ketones is 1. The first-order chi connectivity index (χ1) is 6.25. The van der Waals surface area contributed by atoms with E-state index in [2.05, 4.69) is 19.1 Å². The van der Waals surface area contributed by atoms with Gasteiger partial charge in [0.2, 0.25) is 0 Å². The molecular weight excluding hydrogens is 160 g/mol. The third-order valence-electron chi connectivity index (χ3n) is 2.42. The van der Waals surface area contributed by atoms with E-state index in [4.69, 9.17) is 0 Å². The van der Waals surface area contributed by atoms with Gasteiger partial charge in [0.05, 0.1) is 0 Å². The summed E-state index contributed by atoms with van der Waals surface area (Å²) in [4.78, 5) is 11.3. The lowest BCUT2D eigenvalue weighted by Gasteiger charge is -2.13. The van der Waals surface area contributed by atoms with Crippen molar-refractivity contribution in [3.8, 4) is 0 Å². The molecule has 1 heteroatoms. The smallest absolute Gasteiger partial charge is 0.159 e. The van der Waals surface area contributed by atoms with Crippen molar-refractivity contribution < 1.29 is 4.79 Å². The number of rotatable bonds is 3. The summed E-state index contributed by atoms with van der Waals surface area (Å²) in [5, 5.41) is 0. The summed E-state index contributed by atoms with van der Waals surface area (Å²) in [6.07, 6.45) is 9.98. The lowest BCUT2D eigenvalue weighted by atomic mass is 9.91. The summed E-state index contributed by atoms with van der Waals surface area (Å²) in [6.45, 7) is 3.74. The lowest BCUT2D eigenvalue weighted by Crippen LogP contribution is -2.03. The molecule has 0 atom stereocenters. The highest BCUT2D eigenvalue weighted by molar-refractivity contribution is 5.97. The Balaban J connectivity index is 2.80. The van der Waals surface area contributed by atoms with Crippen LogP contribution in [-0.2, 0) is 4.79 Å². The maximum absolute atomic E-state index is 11.3. The topological polar surface area (TPSA) is 17.1 Å². The zero-order chi connectivity index (χ0) is 9.68. The van der Waals surface area contributed by atoms with Crippen molar-refractivity contribution in [1.29, 1.82) is 0 Å². The van der Waals surface area contributed by atoms with Crippen LogP contribution in [0.3, 0.4) is 0 Å². The highest BCUT2D eigenvalue weighted by atomic mass is 16.1. The van der Waals surface area contributed by atoms with E-state index in [1.54, 1.807) is 6.92 Å². The van der Waals surface area contributed by atoms with Crippen molar-refractivity contribution in [3.05, 3.63) is 23.3 Å². The molecule has 72 valence electrons. The molecule has 1 aliphatic rings. The zero-order valence-corrected chi connectivity index (χ0v) is 8.60. The molecule has 0 aromatic carbocycles. The predicted octanol–water partition coefficient (Wildman–Crippen LogP) is 3.41. The van der Waals surface area contributed by atoms with Gasteiger partial charge in [0.25, 0.3) is 0 Å². The minimum absolute atomic E-state index is 0.218. The summed E-state index contributed by atoms with van der Waals surface area (Å²) < 4.78 is 0. The van der Waals surface area contributed by atoms with Crippen LogP contribution in [0.5, 0.6) is 0 Å². The van der Waals surface area contributed by atoms with E-state index in [0.29, 0.717) is 0 Å². The third-order valence-corrected chi connectivity index (χ3v) is 2.42. The number of hydrogen-bond donors (Lipinski definition) is 0. The second kappa shape index (κ2) is 5.00. The van der Waals surface area contributed by atoms with Gasteiger partial charge in [-0.05, 0) is 44.6 Å². The molecule has 0 aromatic heterocycles. The van der Waals surface area contributed by atoms with Crippen LogP contribution >= 0.6 is 0 Å². The molecule has 1 nitrogen and oxygen atoms in total. The molecule has 0 unspecified atom stereocenters. The molecule has 0 saturated carbocycles. The Morgan fingerprint density at radius 3 is 2.77 bits per heavy atom. The van der Waals surface area contributed by atoms with E-state index in [1.807, 2.05) is 0 Å². The van der Waals surface area contributed by atoms with Gasteiger partial charge in [-0.1, -0.05) is 19.1 Å². The maximum atomic E-state index is 11.3. The second-order valence-electron chi connectivity index (χ2n) is 3.56. The average Bonchev–Trinajstić information content (AvgIpc) is 2.15. The minimum Gasteiger partial charge on any atom is -0.295 e. The van der Waals surface area contributed by atoms with E-state index in [0.717, 1.165) is 24.8 Å². The summed E-state index contributed by atoms with van der Waals surface area (Å²) in [5.74, 6) is 0.218. The van der Waals surface area contributed by atoms with Crippen LogP contribution in [0, 0.1) is 0 Å². The zero-order valence-electron chi connectivity index (χ0n) is 8.60. The molecule has 0 amide bonds. The maximum Gasteiger partial charge on any atom is 0.159 e. The first kappa shape index (κ1) is 10.2. The SMILES string of the molecule is CCC=C(C(C)=O)C1=CCCCC1. The summed E-state index contributed by atoms with van der Waals surface area (Å²) in [7, 11) is 0. The third kappa shape index (κ3) is 2.83. The van der Waals surface area contributed by atoms with Crippen molar-refractivity contribution in [1.82, 2.24) is 0 Å². The molecule has 13 heavy (non-hydrogen) atoms. The summed E-state index contributed by atoms with van der Waals surface area (Å²) in [6, 6.07) is 0. The number of carbonyl (C=O) groups is 1. The van der Waals surface area contributed by atoms with Gasteiger partial charge < -0.3 is 0 Å². The van der Waals surface area contributed by atoms with Crippen LogP contribution < -0.4 is 0 Å². The van der Waals surface area contributed by atoms with Crippen LogP contribution in [0.25, 0.3) is 0 Å². The fraction of sp³-hybridized carbons (Fsp3) is 0.583. The Hall–Kier alpha value is -0.850. The normalized spacial score (nSPS) is 18.3. The Bertz CT molecular complexity index is 246. The van der Waals surface area contributed by atoms with Gasteiger partial charge in [0, 0.05) is 5.57 Å². The molecule has 0 aliphatic heterocycles. The van der Waals surface area contributed by atoms with Crippen molar-refractivity contribution in [2.75, 3.05) is 0 Å². The Kier molecular flexibility index (Phi) is 3.94. The van der Waals surface area contributed by atoms with Gasteiger partial charge in [0.15, 0.2) is 5.78 Å². The van der Waals surface area contributed by atoms with E-state index < -0.39 is 0 Å². The van der Waals surface area contributed by atoms with Gasteiger partial charge in [-0.25, -0.2) is 0 Å². The Morgan fingerprint density at radius 2 is 2.31 bits per heavy atom. The van der Waals surface area contributed by atoms with E-state index in [-0.39, 0.29) is 5.78 Å². The van der Waals surface area contributed by atoms with Crippen molar-refractivity contribution in [3.63, 3.8) is 0 Å². The largest absolute Gasteiger partial charge is 0.295 e. The first-order valence-corrected chi connectivity index (χ1v) is 5.16. The average molecular weight is 178 g/mol. The fourth-order valence-corrected chi connectivity index (χ4v) is 1.79. The molecule has 0 aromatic rings. The number of hydrogen-bond acceptors (Lipinski definition) is 1. The number of carbonyl (C=O) groups excluding carboxylic acids is 1. The monoisotopic (exact) mass is 178 g/mol. The van der Waals surface area contributed by atoms with E-state index >= 15 is 0 Å². The fourth-order valence-electron chi connectivity index (χ4n) is 1.79. The Morgan fingerprint density at radius 1 is 1.54 bits per heavy atom. The van der Waals surface area contributed by atoms with Crippen molar-refractivity contribution >= 4 is 5.78 Å². The molecule has 0 spiro atoms. The standard InChI is InChI=1S/C12H18O/c1-3-7-12(10(2)13)11-8-5-4-6-9-11/h7-8H,3-6,9H2,1-2H3. The number of allylic oxidation sites excluding steroid dienone is 4. The van der Waals surface area contributed by atoms with Crippen molar-refractivity contribution in [2.45, 2.75) is 46.0 Å². The second-order valence-corrected chi connectivity index (χ2v) is 3.56. The minimum atomic E-state index is 0.218. The molecule has 0 bridgehead atoms. The molecule has 0 fully saturated rings. The number of Topliss-reactive ketones (excluding diaryl/α,β-unsaturated/α-hetero) is 1. The van der Waals surface area contributed by atoms with E-state index in [9.17, 15) is 4.79 Å². The van der Waals surface area contributed by atoms with Crippen LogP contribution in [0.2, 0.25) is 0 Å². The quantitative estimate of drug-likeness (QED) is 0.605. The van der Waals surface area contributed by atoms with Gasteiger partial charge in [-0.3, -0.25) is 4.79 Å². The molecular formula is C12H18O. The van der Waals surface area contributed by atoms with Crippen LogP contribution in [0.15, 0.2) is 23.3 Å². The predicted molar refractivity (Wildman–Crippen MR) is 55.6 cm³/mol. The van der Waals surface area contributed by atoms with Gasteiger partial charge in [0.1, 0.15) is 0 Å². The van der Waals surface area contributed by atoms with E-state index in [1.165, 1.54) is 18.4 Å². The summed E-state index contributed by atoms with van der Waals surface area (Å²) in [5.41, 5.74) is 2.24. The van der Waals surface area contributed by atoms with Crippen LogP contribution in [-0.4, -0.2) is 5.78 Å². The van der Waals surface area contributed by atoms with Gasteiger partial charge >= 0.3 is 0 Å². The molecule has 0 saturated heterocycles. The first-order valence-electron chi connectivity index (χ1n) is 5.16. The summed E-state index contributed by atoms with van der Waals surface area (Å²) >= 11 is 0. The molecule has 0 heterocycles. The molecule has 1 rings (SSSR count). The van der Waals surface area contributed by atoms with Gasteiger partial charge in [-0.15, -0.1) is 0 Å². The van der Waals surface area contributed by atoms with Crippen LogP contribution in [0.1, 0.15) is 46.0 Å². The van der Waals surface area contributed by atoms with Crippen molar-refractivity contribution in [2.24, 2.45) is 0 Å². The Labute approximate surface area is 80.5 Å². The molecule has 0 N–H and O–H groups in total. The highest BCUT2D eigenvalue weighted by Crippen LogP contribution is 2.24.